The van der Waals surface area contributed by atoms with Gasteiger partial charge in [-0.2, -0.15) is 5.10 Å². The van der Waals surface area contributed by atoms with E-state index < -0.39 is 0 Å². The fourth-order valence-electron chi connectivity index (χ4n) is 2.79. The van der Waals surface area contributed by atoms with Crippen LogP contribution in [0.4, 0.5) is 11.4 Å². The molecule has 1 saturated heterocycles. The van der Waals surface area contributed by atoms with Crippen molar-refractivity contribution in [2.75, 3.05) is 23.7 Å². The number of aryl methyl sites for hydroxylation is 1. The van der Waals surface area contributed by atoms with Crippen LogP contribution in [0.15, 0.2) is 35.1 Å². The molecule has 2 heterocycles. The third-order valence-electron chi connectivity index (χ3n) is 3.94. The van der Waals surface area contributed by atoms with E-state index in [1.165, 1.54) is 17.5 Å². The second-order valence-corrected chi connectivity index (χ2v) is 5.34. The Balaban J connectivity index is 1.96. The highest BCUT2D eigenvalue weighted by molar-refractivity contribution is 5.75. The molecular weight excluding hydrogens is 264 g/mol. The minimum Gasteiger partial charge on any atom is -0.397 e. The van der Waals surface area contributed by atoms with Crippen LogP contribution in [-0.4, -0.2) is 22.9 Å². The number of rotatable bonds is 3. The molecule has 0 unspecified atom stereocenters. The number of hydrogen-bond acceptors (Lipinski definition) is 4. The third kappa shape index (κ3) is 2.63. The Morgan fingerprint density at radius 3 is 2.62 bits per heavy atom. The summed E-state index contributed by atoms with van der Waals surface area (Å²) in [6, 6.07) is 9.32. The van der Waals surface area contributed by atoms with Crippen LogP contribution >= 0.6 is 0 Å². The van der Waals surface area contributed by atoms with Crippen molar-refractivity contribution >= 4 is 11.4 Å². The van der Waals surface area contributed by atoms with Crippen LogP contribution in [-0.2, 0) is 6.54 Å². The molecule has 21 heavy (non-hydrogen) atoms. The molecule has 1 aliphatic rings. The zero-order valence-electron chi connectivity index (χ0n) is 12.2. The molecule has 0 aliphatic carbocycles. The molecule has 0 amide bonds. The molecule has 5 heteroatoms. The molecule has 2 aromatic rings. The van der Waals surface area contributed by atoms with Gasteiger partial charge in [-0.1, -0.05) is 6.07 Å². The number of nitrogens with two attached hydrogens (primary N) is 1. The van der Waals surface area contributed by atoms with Gasteiger partial charge in [-0.15, -0.1) is 0 Å². The lowest BCUT2D eigenvalue weighted by molar-refractivity contribution is 0.619. The monoisotopic (exact) mass is 284 g/mol. The Morgan fingerprint density at radius 2 is 1.95 bits per heavy atom. The standard InChI is InChI=1S/C16H20N4O/c1-2-20-16(21)8-6-14(18-20)12-5-7-15(13(17)11-12)19-9-3-4-10-19/h5-8,11H,2-4,9-10,17H2,1H3. The van der Waals surface area contributed by atoms with Crippen molar-refractivity contribution in [3.05, 3.63) is 40.7 Å². The van der Waals surface area contributed by atoms with Crippen molar-refractivity contribution in [1.82, 2.24) is 9.78 Å². The maximum atomic E-state index is 11.6. The third-order valence-corrected chi connectivity index (χ3v) is 3.94. The molecule has 2 N–H and O–H groups in total. The molecule has 1 aliphatic heterocycles. The van der Waals surface area contributed by atoms with Crippen LogP contribution in [0.25, 0.3) is 11.3 Å². The highest BCUT2D eigenvalue weighted by atomic mass is 16.1. The van der Waals surface area contributed by atoms with Gasteiger partial charge in [-0.05, 0) is 38.0 Å². The zero-order chi connectivity index (χ0) is 14.8. The first kappa shape index (κ1) is 13.7. The van der Waals surface area contributed by atoms with E-state index in [1.807, 2.05) is 19.1 Å². The van der Waals surface area contributed by atoms with Crippen molar-refractivity contribution in [2.24, 2.45) is 0 Å². The quantitative estimate of drug-likeness (QED) is 0.877. The Labute approximate surface area is 124 Å². The van der Waals surface area contributed by atoms with E-state index in [1.54, 1.807) is 12.1 Å². The van der Waals surface area contributed by atoms with Crippen LogP contribution in [0.2, 0.25) is 0 Å². The fraction of sp³-hybridized carbons (Fsp3) is 0.375. The summed E-state index contributed by atoms with van der Waals surface area (Å²) in [6.07, 6.45) is 2.45. The van der Waals surface area contributed by atoms with Crippen LogP contribution in [0.3, 0.4) is 0 Å². The van der Waals surface area contributed by atoms with Crippen LogP contribution in [0.5, 0.6) is 0 Å². The highest BCUT2D eigenvalue weighted by Crippen LogP contribution is 2.30. The van der Waals surface area contributed by atoms with E-state index in [9.17, 15) is 4.79 Å². The topological polar surface area (TPSA) is 64.2 Å². The predicted octanol–water partition coefficient (Wildman–Crippen LogP) is 2.11. The summed E-state index contributed by atoms with van der Waals surface area (Å²) >= 11 is 0. The normalized spacial score (nSPS) is 14.6. The van der Waals surface area contributed by atoms with Crippen LogP contribution in [0, 0.1) is 0 Å². The highest BCUT2D eigenvalue weighted by Gasteiger charge is 2.15. The Bertz CT molecular complexity index is 702. The van der Waals surface area contributed by atoms with E-state index in [-0.39, 0.29) is 5.56 Å². The maximum Gasteiger partial charge on any atom is 0.266 e. The van der Waals surface area contributed by atoms with E-state index >= 15 is 0 Å². The number of hydrogen-bond donors (Lipinski definition) is 1. The molecule has 0 atom stereocenters. The summed E-state index contributed by atoms with van der Waals surface area (Å²) in [4.78, 5) is 13.9. The SMILES string of the molecule is CCn1nc(-c2ccc(N3CCCC3)c(N)c2)ccc1=O. The van der Waals surface area contributed by atoms with Gasteiger partial charge in [0, 0.05) is 31.3 Å². The van der Waals surface area contributed by atoms with Gasteiger partial charge in [-0.25, -0.2) is 4.68 Å². The minimum atomic E-state index is -0.0806. The second kappa shape index (κ2) is 5.60. The first-order chi connectivity index (χ1) is 10.2. The van der Waals surface area contributed by atoms with Crippen LogP contribution in [0.1, 0.15) is 19.8 Å². The van der Waals surface area contributed by atoms with Gasteiger partial charge in [0.25, 0.3) is 5.56 Å². The van der Waals surface area contributed by atoms with Crippen molar-refractivity contribution < 1.29 is 0 Å². The van der Waals surface area contributed by atoms with Gasteiger partial charge in [0.05, 0.1) is 17.1 Å². The molecule has 0 radical (unpaired) electrons. The Kier molecular flexibility index (Phi) is 3.64. The van der Waals surface area contributed by atoms with Crippen molar-refractivity contribution in [3.63, 3.8) is 0 Å². The summed E-state index contributed by atoms with van der Waals surface area (Å²) in [5.41, 5.74) is 9.70. The summed E-state index contributed by atoms with van der Waals surface area (Å²) in [5, 5.41) is 4.36. The number of nitrogen functional groups attached to an aromatic ring is 1. The molecular formula is C16H20N4O. The van der Waals surface area contributed by atoms with Crippen molar-refractivity contribution in [1.29, 1.82) is 0 Å². The lowest BCUT2D eigenvalue weighted by Gasteiger charge is -2.20. The van der Waals surface area contributed by atoms with E-state index in [0.717, 1.165) is 35.7 Å². The molecule has 1 fully saturated rings. The summed E-state index contributed by atoms with van der Waals surface area (Å²) in [5.74, 6) is 0. The average Bonchev–Trinajstić information content (AvgIpc) is 3.01. The molecule has 0 spiro atoms. The van der Waals surface area contributed by atoms with E-state index in [2.05, 4.69) is 16.1 Å². The van der Waals surface area contributed by atoms with Crippen molar-refractivity contribution in [3.8, 4) is 11.3 Å². The number of aromatic nitrogens is 2. The molecule has 1 aromatic heterocycles. The minimum absolute atomic E-state index is 0.0806. The first-order valence-electron chi connectivity index (χ1n) is 7.42. The van der Waals surface area contributed by atoms with Crippen LogP contribution < -0.4 is 16.2 Å². The molecule has 0 saturated carbocycles. The van der Waals surface area contributed by atoms with Gasteiger partial charge in [0.1, 0.15) is 0 Å². The second-order valence-electron chi connectivity index (χ2n) is 5.34. The molecule has 5 nitrogen and oxygen atoms in total. The average molecular weight is 284 g/mol. The van der Waals surface area contributed by atoms with Gasteiger partial charge >= 0.3 is 0 Å². The Morgan fingerprint density at radius 1 is 1.19 bits per heavy atom. The number of anilines is 2. The molecule has 0 bridgehead atoms. The summed E-state index contributed by atoms with van der Waals surface area (Å²) in [6.45, 7) is 4.61. The number of benzene rings is 1. The maximum absolute atomic E-state index is 11.6. The van der Waals surface area contributed by atoms with Gasteiger partial charge in [0.15, 0.2) is 0 Å². The van der Waals surface area contributed by atoms with E-state index in [4.69, 9.17) is 5.73 Å². The van der Waals surface area contributed by atoms with E-state index in [0.29, 0.717) is 6.54 Å². The lowest BCUT2D eigenvalue weighted by atomic mass is 10.1. The molecule has 3 rings (SSSR count). The smallest absolute Gasteiger partial charge is 0.266 e. The zero-order valence-corrected chi connectivity index (χ0v) is 12.2. The largest absolute Gasteiger partial charge is 0.397 e. The molecule has 1 aromatic carbocycles. The molecule has 110 valence electrons. The fourth-order valence-corrected chi connectivity index (χ4v) is 2.79. The predicted molar refractivity (Wildman–Crippen MR) is 85.5 cm³/mol. The summed E-state index contributed by atoms with van der Waals surface area (Å²) < 4.78 is 1.46. The van der Waals surface area contributed by atoms with Crippen molar-refractivity contribution in [2.45, 2.75) is 26.3 Å². The van der Waals surface area contributed by atoms with Gasteiger partial charge in [-0.3, -0.25) is 4.79 Å². The number of nitrogens with zero attached hydrogens (tertiary/aromatic N) is 3. The lowest BCUT2D eigenvalue weighted by Crippen LogP contribution is -2.21. The summed E-state index contributed by atoms with van der Waals surface area (Å²) in [7, 11) is 0. The first-order valence-corrected chi connectivity index (χ1v) is 7.42. The van der Waals surface area contributed by atoms with Gasteiger partial charge in [0.2, 0.25) is 0 Å². The Hall–Kier alpha value is -2.30. The van der Waals surface area contributed by atoms with Gasteiger partial charge < -0.3 is 10.6 Å².